The van der Waals surface area contributed by atoms with Gasteiger partial charge in [0.15, 0.2) is 0 Å². The molecule has 1 unspecified atom stereocenters. The number of rotatable bonds is 5. The van der Waals surface area contributed by atoms with Crippen molar-refractivity contribution in [3.63, 3.8) is 0 Å². The van der Waals surface area contributed by atoms with Crippen LogP contribution in [0.1, 0.15) is 38.0 Å². The lowest BCUT2D eigenvalue weighted by Crippen LogP contribution is -2.02. The van der Waals surface area contributed by atoms with Crippen LogP contribution >= 0.6 is 0 Å². The molecule has 0 fully saturated rings. The summed E-state index contributed by atoms with van der Waals surface area (Å²) in [5.74, 6) is 1.22. The Morgan fingerprint density at radius 1 is 0.667 bits per heavy atom. The van der Waals surface area contributed by atoms with Crippen LogP contribution in [0, 0.1) is 0 Å². The first-order chi connectivity index (χ1) is 16.1. The smallest absolute Gasteiger partial charge is 0.308 e. The third-order valence-electron chi connectivity index (χ3n) is 4.58. The minimum absolute atomic E-state index is 0.0913. The maximum absolute atomic E-state index is 10.4. The summed E-state index contributed by atoms with van der Waals surface area (Å²) < 4.78 is 10.6. The van der Waals surface area contributed by atoms with Crippen LogP contribution in [0.2, 0.25) is 0 Å². The SMILES string of the molecule is CC(=O)Oc1ccccc1.CC(Oc1ccccc1)c1ccccc1.CCc1ccccc1. The average molecular weight is 441 g/mol. The van der Waals surface area contributed by atoms with Crippen LogP contribution in [0.5, 0.6) is 11.5 Å². The number of esters is 1. The number of hydrogen-bond donors (Lipinski definition) is 0. The van der Waals surface area contributed by atoms with E-state index in [0.29, 0.717) is 5.75 Å². The van der Waals surface area contributed by atoms with E-state index in [-0.39, 0.29) is 12.1 Å². The second-order valence-electron chi connectivity index (χ2n) is 7.23. The van der Waals surface area contributed by atoms with E-state index in [2.05, 4.69) is 50.2 Å². The van der Waals surface area contributed by atoms with E-state index in [1.54, 1.807) is 12.1 Å². The van der Waals surface area contributed by atoms with E-state index < -0.39 is 0 Å². The zero-order valence-electron chi connectivity index (χ0n) is 19.6. The van der Waals surface area contributed by atoms with Gasteiger partial charge in [-0.05, 0) is 48.7 Å². The third-order valence-corrected chi connectivity index (χ3v) is 4.58. The molecule has 170 valence electrons. The van der Waals surface area contributed by atoms with E-state index in [1.807, 2.05) is 72.8 Å². The van der Waals surface area contributed by atoms with Crippen molar-refractivity contribution in [3.05, 3.63) is 132 Å². The fourth-order valence-electron chi connectivity index (χ4n) is 2.86. The molecule has 0 heterocycles. The van der Waals surface area contributed by atoms with Crippen molar-refractivity contribution in [3.8, 4) is 11.5 Å². The Kier molecular flexibility index (Phi) is 11.6. The van der Waals surface area contributed by atoms with Crippen molar-refractivity contribution in [1.29, 1.82) is 0 Å². The van der Waals surface area contributed by atoms with Crippen molar-refractivity contribution < 1.29 is 14.3 Å². The number of carbonyl (C=O) groups is 1. The summed E-state index contributed by atoms with van der Waals surface area (Å²) in [4.78, 5) is 10.4. The van der Waals surface area contributed by atoms with Gasteiger partial charge in [0.05, 0.1) is 0 Å². The van der Waals surface area contributed by atoms with Crippen molar-refractivity contribution in [2.45, 2.75) is 33.3 Å². The Bertz CT molecular complexity index is 1020. The van der Waals surface area contributed by atoms with Gasteiger partial charge in [-0.1, -0.05) is 104 Å². The summed E-state index contributed by atoms with van der Waals surface area (Å²) in [7, 11) is 0. The summed E-state index contributed by atoms with van der Waals surface area (Å²) in [5, 5.41) is 0. The Morgan fingerprint density at radius 3 is 1.52 bits per heavy atom. The topological polar surface area (TPSA) is 35.5 Å². The number of hydrogen-bond acceptors (Lipinski definition) is 3. The van der Waals surface area contributed by atoms with Gasteiger partial charge in [-0.3, -0.25) is 4.79 Å². The molecule has 0 aliphatic carbocycles. The lowest BCUT2D eigenvalue weighted by atomic mass is 10.1. The molecular formula is C30H32O3. The molecule has 0 radical (unpaired) electrons. The molecule has 1 atom stereocenters. The van der Waals surface area contributed by atoms with E-state index >= 15 is 0 Å². The molecule has 0 spiro atoms. The predicted octanol–water partition coefficient (Wildman–Crippen LogP) is 7.69. The summed E-state index contributed by atoms with van der Waals surface area (Å²) in [6, 6.07) is 39.5. The highest BCUT2D eigenvalue weighted by atomic mass is 16.5. The second kappa shape index (κ2) is 15.0. The van der Waals surface area contributed by atoms with Crippen molar-refractivity contribution in [1.82, 2.24) is 0 Å². The van der Waals surface area contributed by atoms with Gasteiger partial charge < -0.3 is 9.47 Å². The van der Waals surface area contributed by atoms with Crippen LogP contribution in [-0.2, 0) is 11.2 Å². The predicted molar refractivity (Wildman–Crippen MR) is 135 cm³/mol. The average Bonchev–Trinajstić information content (AvgIpc) is 2.87. The first-order valence-corrected chi connectivity index (χ1v) is 11.1. The Labute approximate surface area is 197 Å². The Balaban J connectivity index is 0.000000186. The number of aryl methyl sites for hydroxylation is 1. The van der Waals surface area contributed by atoms with Crippen molar-refractivity contribution >= 4 is 5.97 Å². The zero-order chi connectivity index (χ0) is 23.7. The van der Waals surface area contributed by atoms with Crippen LogP contribution in [0.4, 0.5) is 0 Å². The number of ether oxygens (including phenoxy) is 2. The molecule has 0 amide bonds. The number of benzene rings is 4. The van der Waals surface area contributed by atoms with Crippen LogP contribution in [0.3, 0.4) is 0 Å². The molecule has 4 aromatic carbocycles. The molecule has 3 nitrogen and oxygen atoms in total. The van der Waals surface area contributed by atoms with Gasteiger partial charge in [0.25, 0.3) is 0 Å². The molecule has 4 rings (SSSR count). The van der Waals surface area contributed by atoms with Crippen molar-refractivity contribution in [2.24, 2.45) is 0 Å². The van der Waals surface area contributed by atoms with Gasteiger partial charge >= 0.3 is 5.97 Å². The van der Waals surface area contributed by atoms with Crippen molar-refractivity contribution in [2.75, 3.05) is 0 Å². The molecule has 4 aromatic rings. The highest BCUT2D eigenvalue weighted by Gasteiger charge is 2.05. The fraction of sp³-hybridized carbons (Fsp3) is 0.167. The molecule has 0 saturated heterocycles. The molecular weight excluding hydrogens is 408 g/mol. The third kappa shape index (κ3) is 10.8. The van der Waals surface area contributed by atoms with E-state index in [9.17, 15) is 4.79 Å². The highest BCUT2D eigenvalue weighted by Crippen LogP contribution is 2.20. The van der Waals surface area contributed by atoms with Gasteiger partial charge in [-0.15, -0.1) is 0 Å². The summed E-state index contributed by atoms with van der Waals surface area (Å²) in [5.41, 5.74) is 2.61. The molecule has 0 aromatic heterocycles. The van der Waals surface area contributed by atoms with Gasteiger partial charge in [0.2, 0.25) is 0 Å². The maximum Gasteiger partial charge on any atom is 0.308 e. The zero-order valence-corrected chi connectivity index (χ0v) is 19.6. The quantitative estimate of drug-likeness (QED) is 0.236. The standard InChI is InChI=1S/C14H14O.C8H8O2.C8H10/c1-12(13-8-4-2-5-9-13)15-14-10-6-3-7-11-14;1-7(9)10-8-5-3-2-4-6-8;1-2-8-6-4-3-5-7-8/h2-12H,1H3;2-6H,1H3;3-7H,2H2,1H3. The number of carbonyl (C=O) groups excluding carboxylic acids is 1. The van der Waals surface area contributed by atoms with Crippen LogP contribution in [0.15, 0.2) is 121 Å². The summed E-state index contributed by atoms with van der Waals surface area (Å²) >= 11 is 0. The monoisotopic (exact) mass is 440 g/mol. The number of para-hydroxylation sites is 2. The van der Waals surface area contributed by atoms with Crippen LogP contribution < -0.4 is 9.47 Å². The largest absolute Gasteiger partial charge is 0.486 e. The van der Waals surface area contributed by atoms with Gasteiger partial charge in [0, 0.05) is 6.92 Å². The lowest BCUT2D eigenvalue weighted by molar-refractivity contribution is -0.131. The minimum atomic E-state index is -0.286. The van der Waals surface area contributed by atoms with E-state index in [0.717, 1.165) is 12.2 Å². The summed E-state index contributed by atoms with van der Waals surface area (Å²) in [6.07, 6.45) is 1.23. The molecule has 0 bridgehead atoms. The first kappa shape index (κ1) is 25.4. The van der Waals surface area contributed by atoms with Gasteiger partial charge in [-0.2, -0.15) is 0 Å². The maximum atomic E-state index is 10.4. The van der Waals surface area contributed by atoms with Gasteiger partial charge in [-0.25, -0.2) is 0 Å². The minimum Gasteiger partial charge on any atom is -0.486 e. The Morgan fingerprint density at radius 2 is 1.09 bits per heavy atom. The first-order valence-electron chi connectivity index (χ1n) is 11.1. The molecule has 0 N–H and O–H groups in total. The second-order valence-corrected chi connectivity index (χ2v) is 7.23. The van der Waals surface area contributed by atoms with Crippen LogP contribution in [0.25, 0.3) is 0 Å². The van der Waals surface area contributed by atoms with E-state index in [1.165, 1.54) is 18.1 Å². The highest BCUT2D eigenvalue weighted by molar-refractivity contribution is 5.69. The molecule has 0 saturated carbocycles. The molecule has 3 heteroatoms. The molecule has 33 heavy (non-hydrogen) atoms. The van der Waals surface area contributed by atoms with Crippen LogP contribution in [-0.4, -0.2) is 5.97 Å². The molecule has 0 aliphatic heterocycles. The Hall–Kier alpha value is -3.85. The lowest BCUT2D eigenvalue weighted by Gasteiger charge is -2.14. The fourth-order valence-corrected chi connectivity index (χ4v) is 2.86. The normalized spacial score (nSPS) is 10.4. The van der Waals surface area contributed by atoms with Gasteiger partial charge in [0.1, 0.15) is 17.6 Å². The summed E-state index contributed by atoms with van der Waals surface area (Å²) in [6.45, 7) is 5.60. The van der Waals surface area contributed by atoms with E-state index in [4.69, 9.17) is 9.47 Å². The molecule has 0 aliphatic rings.